The maximum Gasteiger partial charge on any atom is 0.227 e. The number of nitrogens with zero attached hydrogens (tertiary/aromatic N) is 2. The molecule has 2 rings (SSSR count). The maximum absolute atomic E-state index is 11.5. The van der Waals surface area contributed by atoms with Crippen molar-refractivity contribution in [2.45, 2.75) is 19.3 Å². The number of hydrogen-bond donors (Lipinski definition) is 2. The summed E-state index contributed by atoms with van der Waals surface area (Å²) >= 11 is 1.37. The van der Waals surface area contributed by atoms with Crippen LogP contribution in [0.1, 0.15) is 17.0 Å². The number of anilines is 1. The molecule has 0 aliphatic carbocycles. The lowest BCUT2D eigenvalue weighted by molar-refractivity contribution is -0.116. The van der Waals surface area contributed by atoms with E-state index in [-0.39, 0.29) is 12.3 Å². The van der Waals surface area contributed by atoms with Crippen LogP contribution >= 0.6 is 11.3 Å². The van der Waals surface area contributed by atoms with Gasteiger partial charge >= 0.3 is 0 Å². The number of rotatable bonds is 8. The SMILES string of the molecule is COc1ccc(CCc2nnc(NC(=O)CCN)s2)cc1OC. The maximum atomic E-state index is 11.5. The molecular formula is C15H20N4O3S. The van der Waals surface area contributed by atoms with Gasteiger partial charge in [0, 0.05) is 19.4 Å². The Balaban J connectivity index is 1.93. The Hall–Kier alpha value is -2.19. The van der Waals surface area contributed by atoms with Crippen molar-refractivity contribution in [3.63, 3.8) is 0 Å². The van der Waals surface area contributed by atoms with Crippen LogP contribution in [0.25, 0.3) is 0 Å². The van der Waals surface area contributed by atoms with Gasteiger partial charge in [0.2, 0.25) is 11.0 Å². The van der Waals surface area contributed by atoms with Crippen LogP contribution in [0, 0.1) is 0 Å². The largest absolute Gasteiger partial charge is 0.493 e. The summed E-state index contributed by atoms with van der Waals surface area (Å²) < 4.78 is 10.5. The quantitative estimate of drug-likeness (QED) is 0.760. The number of carbonyl (C=O) groups is 1. The van der Waals surface area contributed by atoms with E-state index in [0.29, 0.717) is 23.2 Å². The van der Waals surface area contributed by atoms with E-state index >= 15 is 0 Å². The van der Waals surface area contributed by atoms with Crippen molar-refractivity contribution in [3.05, 3.63) is 28.8 Å². The fraction of sp³-hybridized carbons (Fsp3) is 0.400. The Labute approximate surface area is 138 Å². The fourth-order valence-corrected chi connectivity index (χ4v) is 2.76. The van der Waals surface area contributed by atoms with Crippen LogP contribution in [-0.2, 0) is 17.6 Å². The molecule has 0 aliphatic rings. The lowest BCUT2D eigenvalue weighted by Gasteiger charge is -2.08. The summed E-state index contributed by atoms with van der Waals surface area (Å²) in [5.41, 5.74) is 6.45. The van der Waals surface area contributed by atoms with Crippen molar-refractivity contribution in [1.29, 1.82) is 0 Å². The van der Waals surface area contributed by atoms with Crippen LogP contribution in [0.15, 0.2) is 18.2 Å². The molecule has 0 bridgehead atoms. The number of nitrogens with one attached hydrogen (secondary N) is 1. The van der Waals surface area contributed by atoms with Crippen molar-refractivity contribution < 1.29 is 14.3 Å². The highest BCUT2D eigenvalue weighted by molar-refractivity contribution is 7.15. The molecule has 0 atom stereocenters. The van der Waals surface area contributed by atoms with Gasteiger partial charge in [-0.25, -0.2) is 0 Å². The van der Waals surface area contributed by atoms with E-state index in [9.17, 15) is 4.79 Å². The van der Waals surface area contributed by atoms with Crippen molar-refractivity contribution in [1.82, 2.24) is 10.2 Å². The highest BCUT2D eigenvalue weighted by Gasteiger charge is 2.09. The molecule has 23 heavy (non-hydrogen) atoms. The molecule has 0 aliphatic heterocycles. The molecule has 1 heterocycles. The predicted molar refractivity (Wildman–Crippen MR) is 89.2 cm³/mol. The van der Waals surface area contributed by atoms with Gasteiger partial charge < -0.3 is 20.5 Å². The zero-order valence-corrected chi connectivity index (χ0v) is 14.0. The first kappa shape index (κ1) is 17.2. The number of carbonyl (C=O) groups excluding carboxylic acids is 1. The van der Waals surface area contributed by atoms with Crippen molar-refractivity contribution in [2.75, 3.05) is 26.1 Å². The van der Waals surface area contributed by atoms with E-state index in [0.717, 1.165) is 23.4 Å². The van der Waals surface area contributed by atoms with Gasteiger partial charge in [-0.1, -0.05) is 17.4 Å². The van der Waals surface area contributed by atoms with Gasteiger partial charge in [-0.2, -0.15) is 0 Å². The van der Waals surface area contributed by atoms with Crippen molar-refractivity contribution in [2.24, 2.45) is 5.73 Å². The topological polar surface area (TPSA) is 99.4 Å². The number of amides is 1. The second-order valence-electron chi connectivity index (χ2n) is 4.78. The minimum absolute atomic E-state index is 0.143. The van der Waals surface area contributed by atoms with Gasteiger partial charge in [-0.15, -0.1) is 10.2 Å². The molecule has 124 valence electrons. The van der Waals surface area contributed by atoms with Crippen molar-refractivity contribution in [3.8, 4) is 11.5 Å². The van der Waals surface area contributed by atoms with E-state index in [4.69, 9.17) is 15.2 Å². The second kappa shape index (κ2) is 8.44. The molecule has 7 nitrogen and oxygen atoms in total. The minimum atomic E-state index is -0.143. The van der Waals surface area contributed by atoms with Gasteiger partial charge in [-0.05, 0) is 24.1 Å². The number of benzene rings is 1. The molecule has 8 heteroatoms. The van der Waals surface area contributed by atoms with E-state index in [1.54, 1.807) is 14.2 Å². The van der Waals surface area contributed by atoms with Crippen LogP contribution in [-0.4, -0.2) is 36.9 Å². The predicted octanol–water partition coefficient (Wildman–Crippen LogP) is 1.63. The van der Waals surface area contributed by atoms with Crippen LogP contribution in [0.3, 0.4) is 0 Å². The first-order valence-corrected chi connectivity index (χ1v) is 8.01. The summed E-state index contributed by atoms with van der Waals surface area (Å²) in [6.45, 7) is 0.316. The molecule has 0 unspecified atom stereocenters. The summed E-state index contributed by atoms with van der Waals surface area (Å²) in [4.78, 5) is 11.5. The Morgan fingerprint density at radius 3 is 2.70 bits per heavy atom. The van der Waals surface area contributed by atoms with Gasteiger partial charge in [0.15, 0.2) is 11.5 Å². The van der Waals surface area contributed by atoms with Gasteiger partial charge in [0.25, 0.3) is 0 Å². The molecule has 0 fully saturated rings. The smallest absolute Gasteiger partial charge is 0.227 e. The Bertz CT molecular complexity index is 660. The summed E-state index contributed by atoms with van der Waals surface area (Å²) in [6, 6.07) is 5.82. The summed E-state index contributed by atoms with van der Waals surface area (Å²) in [5.74, 6) is 1.27. The third kappa shape index (κ3) is 4.90. The third-order valence-electron chi connectivity index (χ3n) is 3.16. The van der Waals surface area contributed by atoms with Crippen LogP contribution in [0.4, 0.5) is 5.13 Å². The Morgan fingerprint density at radius 2 is 2.00 bits per heavy atom. The van der Waals surface area contributed by atoms with Gasteiger partial charge in [-0.3, -0.25) is 4.79 Å². The van der Waals surface area contributed by atoms with Gasteiger partial charge in [0.05, 0.1) is 14.2 Å². The fourth-order valence-electron chi connectivity index (χ4n) is 2.01. The number of hydrogen-bond acceptors (Lipinski definition) is 7. The van der Waals surface area contributed by atoms with Crippen molar-refractivity contribution >= 4 is 22.4 Å². The first-order valence-electron chi connectivity index (χ1n) is 7.19. The molecule has 1 aromatic heterocycles. The molecule has 3 N–H and O–H groups in total. The number of ether oxygens (including phenoxy) is 2. The summed E-state index contributed by atoms with van der Waals surface area (Å²) in [6.07, 6.45) is 1.81. The monoisotopic (exact) mass is 336 g/mol. The number of aryl methyl sites for hydroxylation is 2. The lowest BCUT2D eigenvalue weighted by Crippen LogP contribution is -2.15. The molecule has 2 aromatic rings. The van der Waals surface area contributed by atoms with E-state index in [2.05, 4.69) is 15.5 Å². The number of methoxy groups -OCH3 is 2. The van der Waals surface area contributed by atoms with E-state index in [1.165, 1.54) is 11.3 Å². The van der Waals surface area contributed by atoms with Crippen LogP contribution < -0.4 is 20.5 Å². The second-order valence-corrected chi connectivity index (χ2v) is 5.84. The summed E-state index contributed by atoms with van der Waals surface area (Å²) in [5, 5.41) is 12.1. The van der Waals surface area contributed by atoms with Crippen LogP contribution in [0.2, 0.25) is 0 Å². The van der Waals surface area contributed by atoms with E-state index in [1.807, 2.05) is 18.2 Å². The average molecular weight is 336 g/mol. The third-order valence-corrected chi connectivity index (χ3v) is 4.06. The highest BCUT2D eigenvalue weighted by Crippen LogP contribution is 2.28. The Morgan fingerprint density at radius 1 is 1.22 bits per heavy atom. The molecular weight excluding hydrogens is 316 g/mol. The normalized spacial score (nSPS) is 10.4. The zero-order valence-electron chi connectivity index (χ0n) is 13.2. The number of aromatic nitrogens is 2. The standard InChI is InChI=1S/C15H20N4O3S/c1-21-11-5-3-10(9-12(11)22-2)4-6-14-18-19-15(23-14)17-13(20)7-8-16/h3,5,9H,4,6-8,16H2,1-2H3,(H,17,19,20). The zero-order chi connectivity index (χ0) is 16.7. The van der Waals surface area contributed by atoms with E-state index < -0.39 is 0 Å². The minimum Gasteiger partial charge on any atom is -0.493 e. The summed E-state index contributed by atoms with van der Waals surface area (Å²) in [7, 11) is 3.22. The van der Waals surface area contributed by atoms with Gasteiger partial charge in [0.1, 0.15) is 5.01 Å². The first-order chi connectivity index (χ1) is 11.2. The molecule has 1 amide bonds. The lowest BCUT2D eigenvalue weighted by atomic mass is 10.1. The molecule has 1 aromatic carbocycles. The average Bonchev–Trinajstić information content (AvgIpc) is 3.00. The molecule has 0 spiro atoms. The molecule has 0 radical (unpaired) electrons. The Kier molecular flexibility index (Phi) is 6.30. The molecule has 0 saturated heterocycles. The number of nitrogens with two attached hydrogens (primary N) is 1. The molecule has 0 saturated carbocycles. The van der Waals surface area contributed by atoms with Crippen LogP contribution in [0.5, 0.6) is 11.5 Å². The highest BCUT2D eigenvalue weighted by atomic mass is 32.1.